The monoisotopic (exact) mass is 764 g/mol. The predicted octanol–water partition coefficient (Wildman–Crippen LogP) is 15.0. The number of fused-ring (bicyclic) bond motifs is 15. The first-order chi connectivity index (χ1) is 29.8. The number of furan rings is 1. The van der Waals surface area contributed by atoms with E-state index in [4.69, 9.17) is 4.42 Å². The Bertz CT molecular complexity index is 3490. The molecule has 0 bridgehead atoms. The van der Waals surface area contributed by atoms with Crippen molar-refractivity contribution in [1.82, 2.24) is 4.57 Å². The quantitative estimate of drug-likeness (QED) is 0.174. The molecule has 0 N–H and O–H groups in total. The molecule has 13 rings (SSSR count). The second-order valence-electron chi connectivity index (χ2n) is 16.0. The van der Waals surface area contributed by atoms with Crippen LogP contribution in [0.15, 0.2) is 223 Å². The van der Waals surface area contributed by atoms with Gasteiger partial charge in [0.15, 0.2) is 0 Å². The maximum absolute atomic E-state index is 6.98. The molecule has 9 aromatic carbocycles. The van der Waals surface area contributed by atoms with Crippen LogP contribution in [0.3, 0.4) is 0 Å². The van der Waals surface area contributed by atoms with Crippen molar-refractivity contribution in [2.75, 3.05) is 4.90 Å². The van der Waals surface area contributed by atoms with Gasteiger partial charge in [-0.15, -0.1) is 0 Å². The highest BCUT2D eigenvalue weighted by atomic mass is 16.3. The summed E-state index contributed by atoms with van der Waals surface area (Å²) in [5.41, 5.74) is 18.4. The molecule has 0 aliphatic heterocycles. The molecule has 1 atom stereocenters. The molecule has 0 radical (unpaired) electrons. The van der Waals surface area contributed by atoms with E-state index in [1.54, 1.807) is 0 Å². The fourth-order valence-corrected chi connectivity index (χ4v) is 10.5. The number of hydrogen-bond donors (Lipinski definition) is 0. The first-order valence-electron chi connectivity index (χ1n) is 20.7. The number of nitrogens with zero attached hydrogens (tertiary/aromatic N) is 2. The van der Waals surface area contributed by atoms with E-state index in [1.807, 2.05) is 0 Å². The molecule has 11 aromatic rings. The molecule has 2 aliphatic carbocycles. The zero-order valence-corrected chi connectivity index (χ0v) is 32.6. The third-order valence-electron chi connectivity index (χ3n) is 13.0. The van der Waals surface area contributed by atoms with Crippen LogP contribution in [0.2, 0.25) is 0 Å². The zero-order valence-electron chi connectivity index (χ0n) is 32.6. The van der Waals surface area contributed by atoms with Crippen molar-refractivity contribution < 1.29 is 4.42 Å². The SMILES string of the molecule is c1ccc(N(c2ccc(-c3ccc4c(c3)C3(c5ccccc5-4)c4ccccc4-c4c3oc3ccccc43)cc2)c2ccc3c(c2)c2ccccc2n3-c2ccccc2)cc1. The summed E-state index contributed by atoms with van der Waals surface area (Å²) in [4.78, 5) is 2.37. The standard InChI is InChI=1S/C57H36N2O/c1-3-15-39(16-4-1)58(42-32-34-53-48(36-42)45-20-9-13-25-52(45)59(53)40-17-5-2-6-18-40)41-30-27-37(28-31-41)38-29-33-44-43-19-7-11-23-49(43)57(51(44)35-38)50-24-12-8-21-46(50)55-47-22-10-14-26-54(47)60-56(55)57/h1-36H. The third kappa shape index (κ3) is 4.49. The van der Waals surface area contributed by atoms with Crippen LogP contribution in [-0.4, -0.2) is 4.57 Å². The van der Waals surface area contributed by atoms with Crippen LogP contribution in [0.1, 0.15) is 22.5 Å². The summed E-state index contributed by atoms with van der Waals surface area (Å²) in [7, 11) is 0. The maximum atomic E-state index is 6.98. The Morgan fingerprint density at radius 1 is 0.383 bits per heavy atom. The van der Waals surface area contributed by atoms with Gasteiger partial charge >= 0.3 is 0 Å². The predicted molar refractivity (Wildman–Crippen MR) is 247 cm³/mol. The Kier molecular flexibility index (Phi) is 6.93. The van der Waals surface area contributed by atoms with Crippen molar-refractivity contribution in [3.05, 3.63) is 241 Å². The lowest BCUT2D eigenvalue weighted by molar-refractivity contribution is 0.507. The summed E-state index contributed by atoms with van der Waals surface area (Å²) in [5.74, 6) is 1.02. The molecule has 0 fully saturated rings. The van der Waals surface area contributed by atoms with Crippen LogP contribution in [0, 0.1) is 0 Å². The van der Waals surface area contributed by atoms with Crippen LogP contribution in [-0.2, 0) is 5.41 Å². The molecule has 280 valence electrons. The second kappa shape index (κ2) is 12.6. The number of anilines is 3. The highest BCUT2D eigenvalue weighted by Crippen LogP contribution is 2.64. The van der Waals surface area contributed by atoms with Gasteiger partial charge in [-0.2, -0.15) is 0 Å². The van der Waals surface area contributed by atoms with Gasteiger partial charge in [0.25, 0.3) is 0 Å². The topological polar surface area (TPSA) is 21.3 Å². The molecule has 3 nitrogen and oxygen atoms in total. The Morgan fingerprint density at radius 2 is 0.967 bits per heavy atom. The number of rotatable bonds is 5. The molecule has 0 saturated carbocycles. The Morgan fingerprint density at radius 3 is 1.78 bits per heavy atom. The lowest BCUT2D eigenvalue weighted by Crippen LogP contribution is -2.25. The smallest absolute Gasteiger partial charge is 0.135 e. The summed E-state index contributed by atoms with van der Waals surface area (Å²) in [5, 5.41) is 3.62. The van der Waals surface area contributed by atoms with Crippen molar-refractivity contribution >= 4 is 49.8 Å². The number of benzene rings is 9. The molecule has 1 spiro atoms. The largest absolute Gasteiger partial charge is 0.459 e. The first kappa shape index (κ1) is 33.1. The highest BCUT2D eigenvalue weighted by Gasteiger charge is 2.55. The minimum absolute atomic E-state index is 0.556. The number of aromatic nitrogens is 1. The van der Waals surface area contributed by atoms with E-state index in [9.17, 15) is 0 Å². The van der Waals surface area contributed by atoms with Crippen LogP contribution < -0.4 is 4.90 Å². The van der Waals surface area contributed by atoms with Crippen molar-refractivity contribution in [1.29, 1.82) is 0 Å². The van der Waals surface area contributed by atoms with E-state index in [0.29, 0.717) is 0 Å². The molecule has 3 heteroatoms. The van der Waals surface area contributed by atoms with Gasteiger partial charge in [-0.3, -0.25) is 0 Å². The Labute approximate surface area is 347 Å². The third-order valence-corrected chi connectivity index (χ3v) is 13.0. The van der Waals surface area contributed by atoms with E-state index < -0.39 is 5.41 Å². The van der Waals surface area contributed by atoms with Crippen LogP contribution in [0.4, 0.5) is 17.1 Å². The molecule has 2 aliphatic rings. The van der Waals surface area contributed by atoms with E-state index in [1.165, 1.54) is 71.7 Å². The average Bonchev–Trinajstić information content (AvgIpc) is 4.03. The maximum Gasteiger partial charge on any atom is 0.135 e. The van der Waals surface area contributed by atoms with E-state index in [0.717, 1.165) is 39.7 Å². The fourth-order valence-electron chi connectivity index (χ4n) is 10.5. The summed E-state index contributed by atoms with van der Waals surface area (Å²) >= 11 is 0. The van der Waals surface area contributed by atoms with Gasteiger partial charge in [0.05, 0.1) is 11.0 Å². The molecule has 0 amide bonds. The molecule has 2 aromatic heterocycles. The average molecular weight is 765 g/mol. The van der Waals surface area contributed by atoms with Gasteiger partial charge in [-0.25, -0.2) is 0 Å². The number of hydrogen-bond acceptors (Lipinski definition) is 2. The Hall–Kier alpha value is -7.88. The minimum atomic E-state index is -0.556. The first-order valence-corrected chi connectivity index (χ1v) is 20.7. The second-order valence-corrected chi connectivity index (χ2v) is 16.0. The van der Waals surface area contributed by atoms with Gasteiger partial charge in [-0.1, -0.05) is 146 Å². The summed E-state index contributed by atoms with van der Waals surface area (Å²) < 4.78 is 9.35. The van der Waals surface area contributed by atoms with E-state index in [-0.39, 0.29) is 0 Å². The fraction of sp³-hybridized carbons (Fsp3) is 0.0175. The van der Waals surface area contributed by atoms with E-state index in [2.05, 4.69) is 228 Å². The Balaban J connectivity index is 0.954. The van der Waals surface area contributed by atoms with E-state index >= 15 is 0 Å². The zero-order chi connectivity index (χ0) is 39.4. The summed E-state index contributed by atoms with van der Waals surface area (Å²) in [6.07, 6.45) is 0. The molecule has 60 heavy (non-hydrogen) atoms. The molecule has 2 heterocycles. The molecule has 1 unspecified atom stereocenters. The van der Waals surface area contributed by atoms with Crippen molar-refractivity contribution in [3.8, 4) is 39.1 Å². The highest BCUT2D eigenvalue weighted by molar-refractivity contribution is 6.11. The molecular formula is C57H36N2O. The van der Waals surface area contributed by atoms with Crippen molar-refractivity contribution in [2.45, 2.75) is 5.41 Å². The lowest BCUT2D eigenvalue weighted by atomic mass is 9.73. The van der Waals surface area contributed by atoms with Crippen LogP contribution >= 0.6 is 0 Å². The molecular weight excluding hydrogens is 729 g/mol. The van der Waals surface area contributed by atoms with Gasteiger partial charge in [0, 0.05) is 44.5 Å². The summed E-state index contributed by atoms with van der Waals surface area (Å²) in [6.45, 7) is 0. The molecule has 0 saturated heterocycles. The summed E-state index contributed by atoms with van der Waals surface area (Å²) in [6, 6.07) is 79.4. The van der Waals surface area contributed by atoms with Gasteiger partial charge in [-0.05, 0) is 117 Å². The normalized spacial score (nSPS) is 14.7. The van der Waals surface area contributed by atoms with Gasteiger partial charge < -0.3 is 13.9 Å². The lowest BCUT2D eigenvalue weighted by Gasteiger charge is -2.28. The minimum Gasteiger partial charge on any atom is -0.459 e. The van der Waals surface area contributed by atoms with Gasteiger partial charge in [0.2, 0.25) is 0 Å². The van der Waals surface area contributed by atoms with Crippen LogP contribution in [0.5, 0.6) is 0 Å². The van der Waals surface area contributed by atoms with Gasteiger partial charge in [0.1, 0.15) is 16.8 Å². The number of para-hydroxylation sites is 4. The van der Waals surface area contributed by atoms with Crippen molar-refractivity contribution in [2.24, 2.45) is 0 Å². The van der Waals surface area contributed by atoms with Crippen LogP contribution in [0.25, 0.3) is 71.8 Å². The van der Waals surface area contributed by atoms with Crippen molar-refractivity contribution in [3.63, 3.8) is 0 Å².